The number of nitrogens with one attached hydrogen (secondary N) is 2. The van der Waals surface area contributed by atoms with Crippen LogP contribution in [0.3, 0.4) is 0 Å². The minimum Gasteiger partial charge on any atom is -0.356 e. The van der Waals surface area contributed by atoms with Crippen LogP contribution in [0.25, 0.3) is 11.4 Å². The van der Waals surface area contributed by atoms with Crippen LogP contribution in [-0.2, 0) is 11.2 Å². The van der Waals surface area contributed by atoms with E-state index < -0.39 is 0 Å². The highest BCUT2D eigenvalue weighted by molar-refractivity contribution is 6.30. The molecule has 6 nitrogen and oxygen atoms in total. The van der Waals surface area contributed by atoms with Gasteiger partial charge >= 0.3 is 0 Å². The van der Waals surface area contributed by atoms with Gasteiger partial charge < -0.3 is 15.2 Å². The van der Waals surface area contributed by atoms with Crippen LogP contribution >= 0.6 is 11.6 Å². The van der Waals surface area contributed by atoms with Gasteiger partial charge in [0.05, 0.1) is 0 Å². The van der Waals surface area contributed by atoms with E-state index in [1.165, 1.54) is 0 Å². The van der Waals surface area contributed by atoms with Crippen molar-refractivity contribution in [3.05, 3.63) is 35.2 Å². The molecule has 1 aromatic heterocycles. The first-order chi connectivity index (χ1) is 10.7. The van der Waals surface area contributed by atoms with Gasteiger partial charge in [-0.3, -0.25) is 4.79 Å². The fraction of sp³-hybridized carbons (Fsp3) is 0.400. The van der Waals surface area contributed by atoms with E-state index in [-0.39, 0.29) is 5.91 Å². The summed E-state index contributed by atoms with van der Waals surface area (Å²) in [5.41, 5.74) is 0.843. The van der Waals surface area contributed by atoms with Gasteiger partial charge in [-0.15, -0.1) is 0 Å². The zero-order chi connectivity index (χ0) is 15.8. The quantitative estimate of drug-likeness (QED) is 0.727. The van der Waals surface area contributed by atoms with Gasteiger partial charge in [-0.1, -0.05) is 16.8 Å². The Balaban J connectivity index is 1.78. The van der Waals surface area contributed by atoms with Crippen molar-refractivity contribution < 1.29 is 9.32 Å². The Morgan fingerprint density at radius 3 is 2.77 bits per heavy atom. The molecule has 0 radical (unpaired) electrons. The summed E-state index contributed by atoms with van der Waals surface area (Å²) < 4.78 is 5.17. The van der Waals surface area contributed by atoms with Gasteiger partial charge in [-0.2, -0.15) is 4.98 Å². The maximum Gasteiger partial charge on any atom is 0.228 e. The molecule has 0 bridgehead atoms. The fourth-order valence-electron chi connectivity index (χ4n) is 1.90. The summed E-state index contributed by atoms with van der Waals surface area (Å²) in [4.78, 5) is 15.8. The summed E-state index contributed by atoms with van der Waals surface area (Å²) in [5, 5.41) is 10.4. The second-order valence-electron chi connectivity index (χ2n) is 4.83. The van der Waals surface area contributed by atoms with Crippen molar-refractivity contribution in [2.45, 2.75) is 19.3 Å². The highest BCUT2D eigenvalue weighted by atomic mass is 35.5. The number of amides is 1. The normalized spacial score (nSPS) is 10.6. The SMILES string of the molecule is CNCCCC(=O)NCCc1nc(-c2ccc(Cl)cc2)no1. The highest BCUT2D eigenvalue weighted by Gasteiger charge is 2.09. The molecular weight excluding hydrogens is 304 g/mol. The zero-order valence-electron chi connectivity index (χ0n) is 12.4. The number of benzene rings is 1. The Labute approximate surface area is 134 Å². The molecule has 0 saturated carbocycles. The molecule has 2 N–H and O–H groups in total. The molecule has 0 aliphatic rings. The first kappa shape index (κ1) is 16.5. The van der Waals surface area contributed by atoms with E-state index >= 15 is 0 Å². The lowest BCUT2D eigenvalue weighted by atomic mass is 10.2. The van der Waals surface area contributed by atoms with Gasteiger partial charge in [0.1, 0.15) is 0 Å². The average molecular weight is 323 g/mol. The lowest BCUT2D eigenvalue weighted by molar-refractivity contribution is -0.121. The van der Waals surface area contributed by atoms with Gasteiger partial charge in [-0.05, 0) is 44.3 Å². The number of hydrogen-bond donors (Lipinski definition) is 2. The third kappa shape index (κ3) is 5.13. The molecule has 7 heteroatoms. The van der Waals surface area contributed by atoms with Crippen molar-refractivity contribution in [1.82, 2.24) is 20.8 Å². The Bertz CT molecular complexity index is 598. The molecule has 2 aromatic rings. The van der Waals surface area contributed by atoms with Gasteiger partial charge in [0.25, 0.3) is 0 Å². The molecule has 0 saturated heterocycles. The summed E-state index contributed by atoms with van der Waals surface area (Å²) in [7, 11) is 1.87. The molecule has 22 heavy (non-hydrogen) atoms. The van der Waals surface area contributed by atoms with Crippen molar-refractivity contribution in [3.63, 3.8) is 0 Å². The number of rotatable bonds is 8. The Morgan fingerprint density at radius 2 is 2.05 bits per heavy atom. The highest BCUT2D eigenvalue weighted by Crippen LogP contribution is 2.18. The number of hydrogen-bond acceptors (Lipinski definition) is 5. The molecule has 1 aromatic carbocycles. The standard InChI is InChI=1S/C15H19ClN4O2/c1-17-9-2-3-13(21)18-10-8-14-19-15(20-22-14)11-4-6-12(16)7-5-11/h4-7,17H,2-3,8-10H2,1H3,(H,18,21). The first-order valence-electron chi connectivity index (χ1n) is 7.19. The maximum absolute atomic E-state index is 11.5. The molecule has 0 unspecified atom stereocenters. The van der Waals surface area contributed by atoms with E-state index in [2.05, 4.69) is 20.8 Å². The monoisotopic (exact) mass is 322 g/mol. The van der Waals surface area contributed by atoms with Crippen LogP contribution in [0, 0.1) is 0 Å². The molecule has 2 rings (SSSR count). The summed E-state index contributed by atoms with van der Waals surface area (Å²) in [6, 6.07) is 7.22. The van der Waals surface area contributed by atoms with Crippen LogP contribution in [0.5, 0.6) is 0 Å². The van der Waals surface area contributed by atoms with Crippen LogP contribution < -0.4 is 10.6 Å². The van der Waals surface area contributed by atoms with Crippen molar-refractivity contribution in [1.29, 1.82) is 0 Å². The van der Waals surface area contributed by atoms with Gasteiger partial charge in [-0.25, -0.2) is 0 Å². The minimum atomic E-state index is 0.0349. The first-order valence-corrected chi connectivity index (χ1v) is 7.56. The van der Waals surface area contributed by atoms with E-state index in [0.29, 0.717) is 36.1 Å². The lowest BCUT2D eigenvalue weighted by Gasteiger charge is -2.02. The smallest absolute Gasteiger partial charge is 0.228 e. The van der Waals surface area contributed by atoms with Crippen LogP contribution in [-0.4, -0.2) is 36.2 Å². The van der Waals surface area contributed by atoms with Crippen LogP contribution in [0.2, 0.25) is 5.02 Å². The number of carbonyl (C=O) groups is 1. The summed E-state index contributed by atoms with van der Waals surface area (Å²) >= 11 is 5.84. The zero-order valence-corrected chi connectivity index (χ0v) is 13.2. The van der Waals surface area contributed by atoms with Crippen molar-refractivity contribution in [3.8, 4) is 11.4 Å². The third-order valence-electron chi connectivity index (χ3n) is 3.06. The predicted molar refractivity (Wildman–Crippen MR) is 84.6 cm³/mol. The number of aromatic nitrogens is 2. The molecule has 0 aliphatic heterocycles. The lowest BCUT2D eigenvalue weighted by Crippen LogP contribution is -2.26. The molecule has 1 heterocycles. The summed E-state index contributed by atoms with van der Waals surface area (Å²) in [6.45, 7) is 1.32. The second-order valence-corrected chi connectivity index (χ2v) is 5.26. The third-order valence-corrected chi connectivity index (χ3v) is 3.31. The van der Waals surface area contributed by atoms with Gasteiger partial charge in [0.2, 0.25) is 17.6 Å². The predicted octanol–water partition coefficient (Wildman–Crippen LogP) is 2.05. The van der Waals surface area contributed by atoms with Crippen molar-refractivity contribution in [2.24, 2.45) is 0 Å². The van der Waals surface area contributed by atoms with Crippen LogP contribution in [0.4, 0.5) is 0 Å². The van der Waals surface area contributed by atoms with E-state index in [0.717, 1.165) is 18.5 Å². The minimum absolute atomic E-state index is 0.0349. The van der Waals surface area contributed by atoms with Crippen molar-refractivity contribution >= 4 is 17.5 Å². The fourth-order valence-corrected chi connectivity index (χ4v) is 2.02. The van der Waals surface area contributed by atoms with Gasteiger partial charge in [0.15, 0.2) is 0 Å². The molecule has 0 atom stereocenters. The Kier molecular flexibility index (Phi) is 6.36. The number of halogens is 1. The Hall–Kier alpha value is -1.92. The van der Waals surface area contributed by atoms with Gasteiger partial charge in [0, 0.05) is 30.0 Å². The molecule has 1 amide bonds. The average Bonchev–Trinajstić information content (AvgIpc) is 2.97. The maximum atomic E-state index is 11.5. The number of carbonyl (C=O) groups excluding carboxylic acids is 1. The van der Waals surface area contributed by atoms with E-state index in [1.54, 1.807) is 12.1 Å². The molecule has 0 spiro atoms. The molecular formula is C15H19ClN4O2. The van der Waals surface area contributed by atoms with Crippen LogP contribution in [0.1, 0.15) is 18.7 Å². The Morgan fingerprint density at radius 1 is 1.27 bits per heavy atom. The summed E-state index contributed by atoms with van der Waals surface area (Å²) in [5.74, 6) is 1.06. The molecule has 0 fully saturated rings. The van der Waals surface area contributed by atoms with E-state index in [4.69, 9.17) is 16.1 Å². The van der Waals surface area contributed by atoms with E-state index in [9.17, 15) is 4.79 Å². The molecule has 0 aliphatic carbocycles. The second kappa shape index (κ2) is 8.51. The van der Waals surface area contributed by atoms with Crippen LogP contribution in [0.15, 0.2) is 28.8 Å². The van der Waals surface area contributed by atoms with E-state index in [1.807, 2.05) is 19.2 Å². The van der Waals surface area contributed by atoms with Crippen molar-refractivity contribution in [2.75, 3.05) is 20.1 Å². The largest absolute Gasteiger partial charge is 0.356 e. The topological polar surface area (TPSA) is 80.0 Å². The molecule has 118 valence electrons. The summed E-state index contributed by atoms with van der Waals surface area (Å²) in [6.07, 6.45) is 1.85. The number of nitrogens with zero attached hydrogens (tertiary/aromatic N) is 2.